The molecule has 0 radical (unpaired) electrons. The van der Waals surface area contributed by atoms with Crippen LogP contribution < -0.4 is 4.90 Å². The average molecular weight is 437 g/mol. The molecule has 1 aliphatic carbocycles. The number of alkyl halides is 2. The molecule has 4 atom stereocenters. The molecule has 1 heterocycles. The van der Waals surface area contributed by atoms with E-state index in [4.69, 9.17) is 0 Å². The topological polar surface area (TPSA) is 37.4 Å². The molecule has 3 nitrogen and oxygen atoms in total. The van der Waals surface area contributed by atoms with Crippen LogP contribution in [0.15, 0.2) is 42.5 Å². The number of imide groups is 1. The number of carbonyl (C=O) groups is 2. The highest BCUT2D eigenvalue weighted by Gasteiger charge is 2.52. The second kappa shape index (κ2) is 5.71. The van der Waals surface area contributed by atoms with Crippen molar-refractivity contribution >= 4 is 60.1 Å². The van der Waals surface area contributed by atoms with Crippen molar-refractivity contribution in [3.05, 3.63) is 42.5 Å². The molecule has 0 bridgehead atoms. The number of halogens is 2. The van der Waals surface area contributed by atoms with Gasteiger partial charge in [0.25, 0.3) is 0 Å². The van der Waals surface area contributed by atoms with Crippen LogP contribution in [0.4, 0.5) is 5.69 Å². The van der Waals surface area contributed by atoms with Gasteiger partial charge >= 0.3 is 0 Å². The molecule has 5 heteroatoms. The standard InChI is InChI=1S/C18H15Br2NO2/c19-14-8-12-13(9-15(14)20)18(23)21(17(12)22)16-7-3-5-10-4-1-2-6-11(10)16/h1-7,12-15H,8-9H2/t12-,13+,14+,15-. The van der Waals surface area contributed by atoms with Crippen molar-refractivity contribution in [1.29, 1.82) is 0 Å². The zero-order valence-electron chi connectivity index (χ0n) is 12.3. The molecule has 2 fully saturated rings. The Morgan fingerprint density at radius 3 is 2.04 bits per heavy atom. The summed E-state index contributed by atoms with van der Waals surface area (Å²) >= 11 is 7.25. The zero-order valence-corrected chi connectivity index (χ0v) is 15.5. The summed E-state index contributed by atoms with van der Waals surface area (Å²) in [5, 5.41) is 1.98. The first-order chi connectivity index (χ1) is 11.1. The fourth-order valence-electron chi connectivity index (χ4n) is 3.74. The van der Waals surface area contributed by atoms with Gasteiger partial charge in [0.1, 0.15) is 0 Å². The number of rotatable bonds is 1. The number of fused-ring (bicyclic) bond motifs is 2. The van der Waals surface area contributed by atoms with Gasteiger partial charge in [-0.05, 0) is 24.3 Å². The maximum atomic E-state index is 12.9. The second-order valence-electron chi connectivity index (χ2n) is 6.23. The highest BCUT2D eigenvalue weighted by atomic mass is 79.9. The van der Waals surface area contributed by atoms with Crippen molar-refractivity contribution in [2.75, 3.05) is 4.90 Å². The largest absolute Gasteiger partial charge is 0.274 e. The molecule has 0 aromatic heterocycles. The van der Waals surface area contributed by atoms with Crippen LogP contribution >= 0.6 is 31.9 Å². The summed E-state index contributed by atoms with van der Waals surface area (Å²) in [5.74, 6) is -0.528. The van der Waals surface area contributed by atoms with Crippen molar-refractivity contribution < 1.29 is 9.59 Å². The summed E-state index contributed by atoms with van der Waals surface area (Å²) in [4.78, 5) is 27.7. The molecule has 0 unspecified atom stereocenters. The summed E-state index contributed by atoms with van der Waals surface area (Å²) in [6, 6.07) is 13.6. The third kappa shape index (κ3) is 2.36. The van der Waals surface area contributed by atoms with Gasteiger partial charge in [0.05, 0.1) is 17.5 Å². The van der Waals surface area contributed by atoms with E-state index in [1.165, 1.54) is 4.90 Å². The molecule has 0 N–H and O–H groups in total. The Morgan fingerprint density at radius 1 is 0.826 bits per heavy atom. The van der Waals surface area contributed by atoms with Crippen LogP contribution in [0.1, 0.15) is 12.8 Å². The lowest BCUT2D eigenvalue weighted by molar-refractivity contribution is -0.122. The number of amides is 2. The summed E-state index contributed by atoms with van der Waals surface area (Å²) in [7, 11) is 0. The van der Waals surface area contributed by atoms with Crippen molar-refractivity contribution in [3.63, 3.8) is 0 Å². The lowest BCUT2D eigenvalue weighted by Gasteiger charge is -2.29. The minimum atomic E-state index is -0.209. The maximum Gasteiger partial charge on any atom is 0.237 e. The van der Waals surface area contributed by atoms with Crippen molar-refractivity contribution in [1.82, 2.24) is 0 Å². The lowest BCUT2D eigenvalue weighted by atomic mass is 9.81. The molecule has 1 aliphatic heterocycles. The Kier molecular flexibility index (Phi) is 3.81. The van der Waals surface area contributed by atoms with Gasteiger partial charge in [-0.25, -0.2) is 4.90 Å². The third-order valence-electron chi connectivity index (χ3n) is 4.92. The van der Waals surface area contributed by atoms with Gasteiger partial charge in [0.15, 0.2) is 0 Å². The van der Waals surface area contributed by atoms with E-state index in [-0.39, 0.29) is 33.3 Å². The van der Waals surface area contributed by atoms with Gasteiger partial charge in [0.2, 0.25) is 11.8 Å². The highest BCUT2D eigenvalue weighted by Crippen LogP contribution is 2.45. The molecule has 2 aromatic carbocycles. The molecular weight excluding hydrogens is 422 g/mol. The van der Waals surface area contributed by atoms with E-state index in [1.807, 2.05) is 42.5 Å². The van der Waals surface area contributed by atoms with Gasteiger partial charge in [-0.15, -0.1) is 0 Å². The number of hydrogen-bond acceptors (Lipinski definition) is 2. The fraction of sp³-hybridized carbons (Fsp3) is 0.333. The smallest absolute Gasteiger partial charge is 0.237 e. The van der Waals surface area contributed by atoms with Crippen LogP contribution in [-0.4, -0.2) is 21.5 Å². The molecule has 0 spiro atoms. The Morgan fingerprint density at radius 2 is 1.39 bits per heavy atom. The van der Waals surface area contributed by atoms with Crippen LogP contribution in [0.25, 0.3) is 10.8 Å². The van der Waals surface area contributed by atoms with Crippen LogP contribution in [0.3, 0.4) is 0 Å². The molecular formula is C18H15Br2NO2. The molecule has 23 heavy (non-hydrogen) atoms. The highest BCUT2D eigenvalue weighted by molar-refractivity contribution is 9.12. The summed E-state index contributed by atoms with van der Waals surface area (Å²) in [6.07, 6.45) is 1.40. The first kappa shape index (κ1) is 15.3. The molecule has 4 rings (SSSR count). The van der Waals surface area contributed by atoms with Gasteiger partial charge in [0, 0.05) is 15.0 Å². The van der Waals surface area contributed by atoms with Crippen LogP contribution in [-0.2, 0) is 9.59 Å². The third-order valence-corrected chi connectivity index (χ3v) is 7.65. The fourth-order valence-corrected chi connectivity index (χ4v) is 4.97. The van der Waals surface area contributed by atoms with Crippen molar-refractivity contribution in [3.8, 4) is 0 Å². The average Bonchev–Trinajstić information content (AvgIpc) is 2.79. The molecule has 1 saturated carbocycles. The predicted molar refractivity (Wildman–Crippen MR) is 98.1 cm³/mol. The Balaban J connectivity index is 1.80. The number of anilines is 1. The van der Waals surface area contributed by atoms with Crippen LogP contribution in [0, 0.1) is 11.8 Å². The lowest BCUT2D eigenvalue weighted by Crippen LogP contribution is -2.34. The second-order valence-corrected chi connectivity index (χ2v) is 8.58. The predicted octanol–water partition coefficient (Wildman–Crippen LogP) is 4.27. The van der Waals surface area contributed by atoms with Gasteiger partial charge in [-0.2, -0.15) is 0 Å². The van der Waals surface area contributed by atoms with Gasteiger partial charge in [-0.3, -0.25) is 9.59 Å². The van der Waals surface area contributed by atoms with Crippen molar-refractivity contribution in [2.24, 2.45) is 11.8 Å². The molecule has 118 valence electrons. The minimum Gasteiger partial charge on any atom is -0.274 e. The molecule has 2 aromatic rings. The SMILES string of the molecule is O=C1[C@H]2C[C@@H](Br)[C@@H](Br)C[C@H]2C(=O)N1c1cccc2ccccc12. The Bertz CT molecular complexity index is 773. The summed E-state index contributed by atoms with van der Waals surface area (Å²) < 4.78 is 0. The zero-order chi connectivity index (χ0) is 16.1. The van der Waals surface area contributed by atoms with Crippen LogP contribution in [0.5, 0.6) is 0 Å². The van der Waals surface area contributed by atoms with E-state index in [2.05, 4.69) is 31.9 Å². The number of nitrogens with zero attached hydrogens (tertiary/aromatic N) is 1. The summed E-state index contributed by atoms with van der Waals surface area (Å²) in [6.45, 7) is 0. The number of benzene rings is 2. The van der Waals surface area contributed by atoms with E-state index >= 15 is 0 Å². The van der Waals surface area contributed by atoms with E-state index < -0.39 is 0 Å². The monoisotopic (exact) mass is 435 g/mol. The van der Waals surface area contributed by atoms with E-state index in [0.717, 1.165) is 10.8 Å². The molecule has 1 saturated heterocycles. The Labute approximate surface area is 151 Å². The van der Waals surface area contributed by atoms with Gasteiger partial charge < -0.3 is 0 Å². The van der Waals surface area contributed by atoms with E-state index in [1.54, 1.807) is 0 Å². The van der Waals surface area contributed by atoms with Gasteiger partial charge in [-0.1, -0.05) is 68.3 Å². The van der Waals surface area contributed by atoms with Crippen molar-refractivity contribution in [2.45, 2.75) is 22.5 Å². The van der Waals surface area contributed by atoms with E-state index in [9.17, 15) is 9.59 Å². The number of carbonyl (C=O) groups excluding carboxylic acids is 2. The minimum absolute atomic E-state index is 0.0554. The molecule has 2 amide bonds. The van der Waals surface area contributed by atoms with Crippen LogP contribution in [0.2, 0.25) is 0 Å². The first-order valence-electron chi connectivity index (χ1n) is 7.71. The molecule has 2 aliphatic rings. The number of hydrogen-bond donors (Lipinski definition) is 0. The maximum absolute atomic E-state index is 12.9. The quantitative estimate of drug-likeness (QED) is 0.494. The normalized spacial score (nSPS) is 30.8. The van der Waals surface area contributed by atoms with E-state index in [0.29, 0.717) is 18.5 Å². The Hall–Kier alpha value is -1.20. The first-order valence-corrected chi connectivity index (χ1v) is 9.55. The summed E-state index contributed by atoms with van der Waals surface area (Å²) in [5.41, 5.74) is 0.713.